The number of hydrogen-bond acceptors (Lipinski definition) is 7. The minimum absolute atomic E-state index is 0.0147. The third kappa shape index (κ3) is 4.83. The monoisotopic (exact) mass is 543 g/mol. The van der Waals surface area contributed by atoms with Gasteiger partial charge in [-0.25, -0.2) is 0 Å². The van der Waals surface area contributed by atoms with Crippen molar-refractivity contribution in [3.63, 3.8) is 0 Å². The van der Waals surface area contributed by atoms with Crippen LogP contribution in [0.2, 0.25) is 0 Å². The number of esters is 1. The Morgan fingerprint density at radius 2 is 1.87 bits per heavy atom. The largest absolute Gasteiger partial charge is 0.466 e. The van der Waals surface area contributed by atoms with E-state index in [1.165, 1.54) is 0 Å². The van der Waals surface area contributed by atoms with E-state index in [0.29, 0.717) is 32.4 Å². The van der Waals surface area contributed by atoms with Gasteiger partial charge in [0.15, 0.2) is 0 Å². The number of rotatable bonds is 13. The molecule has 3 aliphatic heterocycles. The molecule has 1 spiro atoms. The summed E-state index contributed by atoms with van der Waals surface area (Å²) < 4.78 is 4.74. The van der Waals surface area contributed by atoms with Gasteiger partial charge in [0.25, 0.3) is 5.91 Å². The highest BCUT2D eigenvalue weighted by Crippen LogP contribution is 2.66. The molecule has 3 aliphatic rings. The maximum Gasteiger partial charge on any atom is 0.310 e. The van der Waals surface area contributed by atoms with E-state index in [4.69, 9.17) is 4.74 Å². The number of benzene rings is 1. The van der Waals surface area contributed by atoms with Crippen LogP contribution in [0.25, 0.3) is 0 Å². The lowest BCUT2D eigenvalue weighted by molar-refractivity contribution is -0.153. The molecule has 4 rings (SSSR count). The number of aliphatic hydroxyl groups is 1. The number of thioether (sulfide) groups is 1. The van der Waals surface area contributed by atoms with Crippen LogP contribution in [0.3, 0.4) is 0 Å². The first kappa shape index (κ1) is 28.5. The molecule has 9 heteroatoms. The zero-order chi connectivity index (χ0) is 27.4. The van der Waals surface area contributed by atoms with Gasteiger partial charge >= 0.3 is 5.97 Å². The van der Waals surface area contributed by atoms with Gasteiger partial charge in [-0.1, -0.05) is 6.08 Å². The number of carbonyl (C=O) groups is 3. The van der Waals surface area contributed by atoms with Gasteiger partial charge in [0.2, 0.25) is 5.91 Å². The zero-order valence-corrected chi connectivity index (χ0v) is 23.6. The van der Waals surface area contributed by atoms with Crippen molar-refractivity contribution in [2.45, 2.75) is 62.5 Å². The summed E-state index contributed by atoms with van der Waals surface area (Å²) in [5.41, 5.74) is 1.85. The maximum atomic E-state index is 14.5. The Morgan fingerprint density at radius 1 is 1.18 bits per heavy atom. The van der Waals surface area contributed by atoms with Gasteiger partial charge < -0.3 is 24.5 Å². The van der Waals surface area contributed by atoms with Crippen LogP contribution in [-0.4, -0.2) is 83.2 Å². The van der Waals surface area contributed by atoms with Crippen LogP contribution in [-0.2, 0) is 19.1 Å². The van der Waals surface area contributed by atoms with Gasteiger partial charge in [-0.2, -0.15) is 0 Å². The lowest BCUT2D eigenvalue weighted by Gasteiger charge is -2.37. The summed E-state index contributed by atoms with van der Waals surface area (Å²) in [5, 5.41) is 9.35. The summed E-state index contributed by atoms with van der Waals surface area (Å²) in [7, 11) is 0. The molecule has 3 fully saturated rings. The number of amides is 2. The van der Waals surface area contributed by atoms with Crippen LogP contribution in [0, 0.1) is 11.8 Å². The summed E-state index contributed by atoms with van der Waals surface area (Å²) >= 11 is 1.65. The molecule has 0 radical (unpaired) electrons. The molecule has 208 valence electrons. The minimum Gasteiger partial charge on any atom is -0.466 e. The fourth-order valence-electron chi connectivity index (χ4n) is 6.60. The second-order valence-electron chi connectivity index (χ2n) is 10.2. The molecule has 2 bridgehead atoms. The summed E-state index contributed by atoms with van der Waals surface area (Å²) in [6.07, 6.45) is 4.34. The fourth-order valence-corrected chi connectivity index (χ4v) is 8.81. The predicted octanol–water partition coefficient (Wildman–Crippen LogP) is 3.48. The smallest absolute Gasteiger partial charge is 0.310 e. The summed E-state index contributed by atoms with van der Waals surface area (Å²) in [6, 6.07) is 7.28. The second-order valence-corrected chi connectivity index (χ2v) is 11.8. The van der Waals surface area contributed by atoms with Crippen molar-refractivity contribution in [2.75, 3.05) is 49.2 Å². The van der Waals surface area contributed by atoms with Crippen LogP contribution >= 0.6 is 11.8 Å². The lowest BCUT2D eigenvalue weighted by Crippen LogP contribution is -2.55. The quantitative estimate of drug-likeness (QED) is 0.231. The molecule has 3 heterocycles. The summed E-state index contributed by atoms with van der Waals surface area (Å²) in [4.78, 5) is 47.1. The Labute approximate surface area is 230 Å². The fraction of sp³-hybridized carbons (Fsp3) is 0.621. The maximum absolute atomic E-state index is 14.5. The average Bonchev–Trinajstić information content (AvgIpc) is 3.56. The van der Waals surface area contributed by atoms with E-state index in [9.17, 15) is 19.5 Å². The van der Waals surface area contributed by atoms with Crippen molar-refractivity contribution in [2.24, 2.45) is 11.8 Å². The SMILES string of the molecule is C=CCN(C(=O)C1N(CCCCO)C(=O)[C@@H]2[C@@H](C(=O)OCC)[C@H]3CCC12S3)c1ccc(N(CC)CC)cc1. The third-order valence-corrected chi connectivity index (χ3v) is 10.2. The molecule has 5 atom stereocenters. The average molecular weight is 544 g/mol. The number of likely N-dealkylation sites (tertiary alicyclic amines) is 1. The molecule has 0 saturated carbocycles. The molecule has 8 nitrogen and oxygen atoms in total. The normalized spacial score (nSPS) is 27.4. The van der Waals surface area contributed by atoms with Crippen LogP contribution in [0.4, 0.5) is 11.4 Å². The molecular formula is C29H41N3O5S. The van der Waals surface area contributed by atoms with Crippen LogP contribution in [0.5, 0.6) is 0 Å². The number of unbranched alkanes of at least 4 members (excludes halogenated alkanes) is 1. The first-order valence-electron chi connectivity index (χ1n) is 13.9. The number of hydrogen-bond donors (Lipinski definition) is 1. The van der Waals surface area contributed by atoms with Crippen molar-refractivity contribution < 1.29 is 24.2 Å². The van der Waals surface area contributed by atoms with Crippen molar-refractivity contribution in [3.8, 4) is 0 Å². The number of anilines is 2. The van der Waals surface area contributed by atoms with E-state index in [1.54, 1.807) is 34.6 Å². The first-order chi connectivity index (χ1) is 18.4. The minimum atomic E-state index is -0.685. The topological polar surface area (TPSA) is 90.4 Å². The molecule has 1 N–H and O–H groups in total. The summed E-state index contributed by atoms with van der Waals surface area (Å²) in [6.45, 7) is 12.7. The summed E-state index contributed by atoms with van der Waals surface area (Å²) in [5.74, 6) is -1.70. The predicted molar refractivity (Wildman–Crippen MR) is 151 cm³/mol. The van der Waals surface area contributed by atoms with E-state index in [1.807, 2.05) is 24.3 Å². The first-order valence-corrected chi connectivity index (χ1v) is 14.8. The highest BCUT2D eigenvalue weighted by atomic mass is 32.2. The highest BCUT2D eigenvalue weighted by molar-refractivity contribution is 8.02. The molecule has 38 heavy (non-hydrogen) atoms. The molecule has 0 aliphatic carbocycles. The van der Waals surface area contributed by atoms with Crippen LogP contribution < -0.4 is 9.80 Å². The zero-order valence-electron chi connectivity index (χ0n) is 22.8. The number of ether oxygens (including phenoxy) is 1. The number of fused-ring (bicyclic) bond motifs is 1. The van der Waals surface area contributed by atoms with Gasteiger partial charge in [-0.3, -0.25) is 14.4 Å². The lowest BCUT2D eigenvalue weighted by atomic mass is 9.71. The van der Waals surface area contributed by atoms with Crippen molar-refractivity contribution in [3.05, 3.63) is 36.9 Å². The molecule has 1 aromatic carbocycles. The van der Waals surface area contributed by atoms with Gasteiger partial charge in [-0.05, 0) is 70.7 Å². The van der Waals surface area contributed by atoms with Crippen molar-refractivity contribution in [1.82, 2.24) is 4.90 Å². The molecule has 2 unspecified atom stereocenters. The second kappa shape index (κ2) is 12.1. The molecule has 2 amide bonds. The Kier molecular flexibility index (Phi) is 9.08. The molecular weight excluding hydrogens is 502 g/mol. The van der Waals surface area contributed by atoms with E-state index in [-0.39, 0.29) is 36.2 Å². The Hall–Kier alpha value is -2.52. The Morgan fingerprint density at radius 3 is 2.47 bits per heavy atom. The molecule has 3 saturated heterocycles. The number of nitrogens with zero attached hydrogens (tertiary/aromatic N) is 3. The van der Waals surface area contributed by atoms with Crippen molar-refractivity contribution >= 4 is 40.9 Å². The van der Waals surface area contributed by atoms with Crippen LogP contribution in [0.1, 0.15) is 46.5 Å². The van der Waals surface area contributed by atoms with Gasteiger partial charge in [0.1, 0.15) is 6.04 Å². The van der Waals surface area contributed by atoms with Crippen molar-refractivity contribution in [1.29, 1.82) is 0 Å². The number of carbonyl (C=O) groups excluding carboxylic acids is 3. The van der Waals surface area contributed by atoms with Gasteiger partial charge in [-0.15, -0.1) is 18.3 Å². The highest BCUT2D eigenvalue weighted by Gasteiger charge is 2.74. The third-order valence-electron chi connectivity index (χ3n) is 8.27. The molecule has 0 aromatic heterocycles. The standard InChI is InChI=1S/C29H41N3O5S/c1-5-17-31(21-13-11-20(12-14-21)30(6-2)7-3)27(35)25-29-16-15-22(38-29)23(28(36)37-8-4)24(29)26(34)32(25)18-9-10-19-33/h5,11-14,22-25,33H,1,6-10,15-19H2,2-4H3/t22-,23+,24+,25?,29?/m1/s1. The Bertz CT molecular complexity index is 1030. The van der Waals surface area contributed by atoms with Crippen LogP contribution in [0.15, 0.2) is 36.9 Å². The van der Waals surface area contributed by atoms with Gasteiger partial charge in [0.05, 0.1) is 23.2 Å². The van der Waals surface area contributed by atoms with E-state index in [0.717, 1.165) is 30.9 Å². The van der Waals surface area contributed by atoms with E-state index < -0.39 is 22.6 Å². The molecule has 1 aromatic rings. The van der Waals surface area contributed by atoms with Gasteiger partial charge in [0, 0.05) is 49.4 Å². The van der Waals surface area contributed by atoms with E-state index >= 15 is 0 Å². The number of aliphatic hydroxyl groups excluding tert-OH is 1. The Balaban J connectivity index is 1.71. The van der Waals surface area contributed by atoms with E-state index in [2.05, 4.69) is 25.3 Å².